The van der Waals surface area contributed by atoms with Gasteiger partial charge in [-0.2, -0.15) is 0 Å². The Bertz CT molecular complexity index is 145. The predicted octanol–water partition coefficient (Wildman–Crippen LogP) is 2.73. The summed E-state index contributed by atoms with van der Waals surface area (Å²) in [4.78, 5) is 10.2. The van der Waals surface area contributed by atoms with Crippen LogP contribution in [-0.2, 0) is 4.79 Å². The summed E-state index contributed by atoms with van der Waals surface area (Å²) in [7, 11) is 0. The number of hydrogen-bond donors (Lipinski definition) is 0. The van der Waals surface area contributed by atoms with E-state index in [1.54, 1.807) is 0 Å². The lowest BCUT2D eigenvalue weighted by Gasteiger charge is -1.90. The molecule has 1 heteroatoms. The maximum Gasteiger partial charge on any atom is 0.126 e. The molecule has 0 amide bonds. The second-order valence-corrected chi connectivity index (χ2v) is 2.57. The van der Waals surface area contributed by atoms with Crippen LogP contribution < -0.4 is 0 Å². The lowest BCUT2D eigenvalue weighted by atomic mass is 10.1. The van der Waals surface area contributed by atoms with E-state index in [9.17, 15) is 4.79 Å². The van der Waals surface area contributed by atoms with Gasteiger partial charge in [0.2, 0.25) is 0 Å². The molecule has 0 aliphatic rings. The Kier molecular flexibility index (Phi) is 6.70. The quantitative estimate of drug-likeness (QED) is 0.336. The topological polar surface area (TPSA) is 17.1 Å². The molecule has 0 fully saturated rings. The summed E-state index contributed by atoms with van der Waals surface area (Å²) in [5, 5.41) is 0. The average molecular weight is 152 g/mol. The molecule has 1 nitrogen and oxygen atoms in total. The molecule has 0 aromatic rings. The third kappa shape index (κ3) is 7.04. The van der Waals surface area contributed by atoms with Gasteiger partial charge in [-0.05, 0) is 19.8 Å². The summed E-state index contributed by atoms with van der Waals surface area (Å²) in [5.41, 5.74) is 0. The molecule has 0 rings (SSSR count). The van der Waals surface area contributed by atoms with Crippen molar-refractivity contribution < 1.29 is 4.79 Å². The van der Waals surface area contributed by atoms with Gasteiger partial charge in [0, 0.05) is 5.92 Å². The third-order valence-electron chi connectivity index (χ3n) is 1.39. The molecule has 0 aliphatic carbocycles. The maximum absolute atomic E-state index is 10.2. The van der Waals surface area contributed by atoms with Gasteiger partial charge in [0.05, 0.1) is 0 Å². The van der Waals surface area contributed by atoms with Crippen molar-refractivity contribution in [3.63, 3.8) is 0 Å². The van der Waals surface area contributed by atoms with Crippen LogP contribution in [0.25, 0.3) is 0 Å². The van der Waals surface area contributed by atoms with Gasteiger partial charge < -0.3 is 4.79 Å². The van der Waals surface area contributed by atoms with Gasteiger partial charge in [0.1, 0.15) is 6.29 Å². The molecule has 0 saturated carbocycles. The first-order chi connectivity index (χ1) is 5.31. The van der Waals surface area contributed by atoms with Gasteiger partial charge in [-0.15, -0.1) is 0 Å². The number of hydrogen-bond acceptors (Lipinski definition) is 1. The molecule has 0 aromatic heterocycles. The minimum absolute atomic E-state index is 0.0700. The molecule has 0 radical (unpaired) electrons. The van der Waals surface area contributed by atoms with Crippen LogP contribution in [0.5, 0.6) is 0 Å². The van der Waals surface area contributed by atoms with E-state index >= 15 is 0 Å². The van der Waals surface area contributed by atoms with Crippen LogP contribution in [0.15, 0.2) is 24.3 Å². The molecule has 0 spiro atoms. The minimum atomic E-state index is 0.0700. The van der Waals surface area contributed by atoms with Crippen LogP contribution in [0.1, 0.15) is 26.7 Å². The summed E-state index contributed by atoms with van der Waals surface area (Å²) in [6.45, 7) is 3.90. The molecule has 0 aliphatic heterocycles. The van der Waals surface area contributed by atoms with E-state index in [4.69, 9.17) is 0 Å². The van der Waals surface area contributed by atoms with Crippen molar-refractivity contribution in [2.75, 3.05) is 0 Å². The van der Waals surface area contributed by atoms with Crippen molar-refractivity contribution >= 4 is 6.29 Å². The Morgan fingerprint density at radius 1 is 1.27 bits per heavy atom. The number of carbonyl (C=O) groups excluding carboxylic acids is 1. The van der Waals surface area contributed by atoms with Crippen LogP contribution in [0.3, 0.4) is 0 Å². The first kappa shape index (κ1) is 10.2. The Balaban J connectivity index is 3.36. The molecule has 0 aromatic carbocycles. The largest absolute Gasteiger partial charge is 0.303 e. The Hall–Kier alpha value is -0.850. The van der Waals surface area contributed by atoms with Gasteiger partial charge in [-0.25, -0.2) is 0 Å². The summed E-state index contributed by atoms with van der Waals surface area (Å²) in [6, 6.07) is 0. The number of allylic oxidation sites excluding steroid dienone is 4. The van der Waals surface area contributed by atoms with Crippen LogP contribution >= 0.6 is 0 Å². The van der Waals surface area contributed by atoms with Gasteiger partial charge >= 0.3 is 0 Å². The second kappa shape index (κ2) is 7.26. The summed E-state index contributed by atoms with van der Waals surface area (Å²) < 4.78 is 0. The van der Waals surface area contributed by atoms with Crippen molar-refractivity contribution in [3.8, 4) is 0 Å². The van der Waals surface area contributed by atoms with E-state index in [-0.39, 0.29) is 5.92 Å². The minimum Gasteiger partial charge on any atom is -0.303 e. The molecule has 0 N–H and O–H groups in total. The Morgan fingerprint density at radius 3 is 2.45 bits per heavy atom. The third-order valence-corrected chi connectivity index (χ3v) is 1.39. The second-order valence-electron chi connectivity index (χ2n) is 2.57. The summed E-state index contributed by atoms with van der Waals surface area (Å²) >= 11 is 0. The number of aldehydes is 1. The Labute approximate surface area is 68.8 Å². The van der Waals surface area contributed by atoms with Crippen molar-refractivity contribution in [1.82, 2.24) is 0 Å². The normalized spacial score (nSPS) is 14.4. The lowest BCUT2D eigenvalue weighted by Crippen LogP contribution is -1.87. The average Bonchev–Trinajstić information content (AvgIpc) is 2.04. The summed E-state index contributed by atoms with van der Waals surface area (Å²) in [5.74, 6) is 0.0700. The fourth-order valence-electron chi connectivity index (χ4n) is 0.715. The zero-order valence-corrected chi connectivity index (χ0v) is 7.29. The zero-order valence-electron chi connectivity index (χ0n) is 7.29. The molecular formula is C10H16O. The maximum atomic E-state index is 10.2. The van der Waals surface area contributed by atoms with E-state index in [2.05, 4.69) is 12.2 Å². The molecular weight excluding hydrogens is 136 g/mol. The predicted molar refractivity (Wildman–Crippen MR) is 48.4 cm³/mol. The summed E-state index contributed by atoms with van der Waals surface area (Å²) in [6.07, 6.45) is 11.2. The highest BCUT2D eigenvalue weighted by molar-refractivity contribution is 5.55. The molecule has 1 unspecified atom stereocenters. The number of carbonyl (C=O) groups is 1. The van der Waals surface area contributed by atoms with Crippen LogP contribution in [-0.4, -0.2) is 6.29 Å². The molecule has 62 valence electrons. The van der Waals surface area contributed by atoms with Crippen LogP contribution in [0.4, 0.5) is 0 Å². The van der Waals surface area contributed by atoms with Crippen molar-refractivity contribution in [2.45, 2.75) is 26.7 Å². The smallest absolute Gasteiger partial charge is 0.126 e. The fourth-order valence-corrected chi connectivity index (χ4v) is 0.715. The van der Waals surface area contributed by atoms with Crippen molar-refractivity contribution in [3.05, 3.63) is 24.3 Å². The van der Waals surface area contributed by atoms with E-state index in [0.717, 1.165) is 19.1 Å². The highest BCUT2D eigenvalue weighted by Gasteiger charge is 1.88. The molecule has 0 bridgehead atoms. The molecule has 0 saturated heterocycles. The fraction of sp³-hybridized carbons (Fsp3) is 0.500. The van der Waals surface area contributed by atoms with Crippen LogP contribution in [0.2, 0.25) is 0 Å². The highest BCUT2D eigenvalue weighted by Crippen LogP contribution is 1.97. The highest BCUT2D eigenvalue weighted by atomic mass is 16.1. The molecule has 11 heavy (non-hydrogen) atoms. The van der Waals surface area contributed by atoms with Crippen molar-refractivity contribution in [1.29, 1.82) is 0 Å². The van der Waals surface area contributed by atoms with E-state index in [0.29, 0.717) is 0 Å². The first-order valence-corrected chi connectivity index (χ1v) is 4.04. The SMILES string of the molecule is CC=CCCC=CC(C)C=O. The zero-order chi connectivity index (χ0) is 8.53. The lowest BCUT2D eigenvalue weighted by molar-refractivity contribution is -0.109. The molecule has 1 atom stereocenters. The monoisotopic (exact) mass is 152 g/mol. The Morgan fingerprint density at radius 2 is 1.91 bits per heavy atom. The first-order valence-electron chi connectivity index (χ1n) is 4.04. The van der Waals surface area contributed by atoms with Gasteiger partial charge in [0.25, 0.3) is 0 Å². The number of unbranched alkanes of at least 4 members (excludes halogenated alkanes) is 1. The van der Waals surface area contributed by atoms with E-state index in [1.807, 2.05) is 26.0 Å². The van der Waals surface area contributed by atoms with E-state index < -0.39 is 0 Å². The molecule has 0 heterocycles. The van der Waals surface area contributed by atoms with Gasteiger partial charge in [-0.1, -0.05) is 31.2 Å². The van der Waals surface area contributed by atoms with Gasteiger partial charge in [0.15, 0.2) is 0 Å². The number of rotatable bonds is 5. The van der Waals surface area contributed by atoms with Gasteiger partial charge in [-0.3, -0.25) is 0 Å². The standard InChI is InChI=1S/C10H16O/c1-3-4-5-6-7-8-10(2)9-11/h3-4,7-10H,5-6H2,1-2H3. The van der Waals surface area contributed by atoms with Crippen molar-refractivity contribution in [2.24, 2.45) is 5.92 Å². The van der Waals surface area contributed by atoms with E-state index in [1.165, 1.54) is 0 Å². The van der Waals surface area contributed by atoms with Crippen LogP contribution in [0, 0.1) is 5.92 Å².